The van der Waals surface area contributed by atoms with Crippen molar-refractivity contribution >= 4 is 44.3 Å². The summed E-state index contributed by atoms with van der Waals surface area (Å²) in [6.07, 6.45) is 1.30. The third kappa shape index (κ3) is 5.29. The molecule has 0 bridgehead atoms. The molecule has 1 unspecified atom stereocenters. The first-order chi connectivity index (χ1) is 13.4. The minimum absolute atomic E-state index is 0.181. The van der Waals surface area contributed by atoms with Crippen molar-refractivity contribution in [2.45, 2.75) is 22.9 Å². The molecule has 3 rings (SSSR count). The number of aromatic nitrogens is 2. The maximum Gasteiger partial charge on any atom is 0.281 e. The summed E-state index contributed by atoms with van der Waals surface area (Å²) < 4.78 is 27.9. The van der Waals surface area contributed by atoms with E-state index in [9.17, 15) is 13.2 Å². The Morgan fingerprint density at radius 3 is 2.79 bits per heavy atom. The molecule has 0 radical (unpaired) electrons. The molecular formula is C17H23N5O3S3. The van der Waals surface area contributed by atoms with Crippen LogP contribution in [0.1, 0.15) is 18.4 Å². The van der Waals surface area contributed by atoms with E-state index in [0.717, 1.165) is 10.1 Å². The van der Waals surface area contributed by atoms with Crippen molar-refractivity contribution in [3.05, 3.63) is 35.9 Å². The topological polar surface area (TPSA) is 95.5 Å². The lowest BCUT2D eigenvalue weighted by molar-refractivity contribution is -0.120. The zero-order valence-electron chi connectivity index (χ0n) is 15.7. The lowest BCUT2D eigenvalue weighted by atomic mass is 9.99. The largest absolute Gasteiger partial charge is 0.300 e. The van der Waals surface area contributed by atoms with Gasteiger partial charge >= 0.3 is 0 Å². The van der Waals surface area contributed by atoms with Gasteiger partial charge in [0.15, 0.2) is 4.34 Å². The highest BCUT2D eigenvalue weighted by Gasteiger charge is 2.33. The number of benzene rings is 1. The van der Waals surface area contributed by atoms with Crippen LogP contribution in [0.3, 0.4) is 0 Å². The number of nitrogens with one attached hydrogen (secondary N) is 1. The molecule has 28 heavy (non-hydrogen) atoms. The van der Waals surface area contributed by atoms with Gasteiger partial charge in [-0.1, -0.05) is 53.4 Å². The van der Waals surface area contributed by atoms with Crippen LogP contribution in [0.4, 0.5) is 5.13 Å². The first-order valence-electron chi connectivity index (χ1n) is 8.85. The van der Waals surface area contributed by atoms with Crippen LogP contribution in [-0.4, -0.2) is 60.3 Å². The fourth-order valence-electron chi connectivity index (χ4n) is 2.84. The monoisotopic (exact) mass is 441 g/mol. The highest BCUT2D eigenvalue weighted by atomic mass is 32.2. The van der Waals surface area contributed by atoms with Crippen LogP contribution in [0.5, 0.6) is 0 Å². The Morgan fingerprint density at radius 1 is 1.32 bits per heavy atom. The van der Waals surface area contributed by atoms with Crippen LogP contribution >= 0.6 is 23.1 Å². The fourth-order valence-corrected chi connectivity index (χ4v) is 5.74. The highest BCUT2D eigenvalue weighted by molar-refractivity contribution is 8.00. The van der Waals surface area contributed by atoms with Crippen molar-refractivity contribution in [1.29, 1.82) is 0 Å². The molecule has 1 atom stereocenters. The number of piperidine rings is 1. The minimum atomic E-state index is -3.51. The Kier molecular flexibility index (Phi) is 7.05. The summed E-state index contributed by atoms with van der Waals surface area (Å²) in [5.41, 5.74) is 1.19. The molecule has 1 saturated heterocycles. The fraction of sp³-hybridized carbons (Fsp3) is 0.471. The van der Waals surface area contributed by atoms with Gasteiger partial charge in [-0.05, 0) is 18.4 Å². The van der Waals surface area contributed by atoms with Crippen molar-refractivity contribution in [1.82, 2.24) is 18.8 Å². The van der Waals surface area contributed by atoms with Crippen molar-refractivity contribution in [2.24, 2.45) is 5.92 Å². The standard InChI is InChI=1S/C17H23N5O3S3/c1-21(2)28(24,25)22-10-6-9-14(11-22)15(23)18-16-19-20-17(27-16)26-12-13-7-4-3-5-8-13/h3-5,7-8,14H,6,9-12H2,1-2H3,(H,18,19,23). The maximum absolute atomic E-state index is 12.6. The van der Waals surface area contributed by atoms with E-state index < -0.39 is 16.1 Å². The van der Waals surface area contributed by atoms with Crippen LogP contribution in [0.2, 0.25) is 0 Å². The van der Waals surface area contributed by atoms with Crippen LogP contribution < -0.4 is 5.32 Å². The summed E-state index contributed by atoms with van der Waals surface area (Å²) >= 11 is 2.89. The second kappa shape index (κ2) is 9.31. The molecule has 0 saturated carbocycles. The van der Waals surface area contributed by atoms with E-state index in [0.29, 0.717) is 24.5 Å². The molecule has 11 heteroatoms. The van der Waals surface area contributed by atoms with E-state index in [1.807, 2.05) is 30.3 Å². The normalized spacial score (nSPS) is 18.3. The predicted molar refractivity (Wildman–Crippen MR) is 111 cm³/mol. The van der Waals surface area contributed by atoms with E-state index in [1.54, 1.807) is 11.8 Å². The molecule has 1 amide bonds. The van der Waals surface area contributed by atoms with Gasteiger partial charge in [-0.25, -0.2) is 0 Å². The number of rotatable bonds is 7. The Labute approximate surface area is 173 Å². The van der Waals surface area contributed by atoms with Crippen LogP contribution in [0.25, 0.3) is 0 Å². The average molecular weight is 442 g/mol. The number of anilines is 1. The van der Waals surface area contributed by atoms with Crippen LogP contribution in [0.15, 0.2) is 34.7 Å². The Morgan fingerprint density at radius 2 is 2.07 bits per heavy atom. The summed E-state index contributed by atoms with van der Waals surface area (Å²) in [6, 6.07) is 10.1. The van der Waals surface area contributed by atoms with Crippen molar-refractivity contribution in [3.63, 3.8) is 0 Å². The number of thioether (sulfide) groups is 1. The average Bonchev–Trinajstić information content (AvgIpc) is 3.14. The summed E-state index contributed by atoms with van der Waals surface area (Å²) in [5.74, 6) is 0.172. The van der Waals surface area contributed by atoms with E-state index in [2.05, 4.69) is 15.5 Å². The molecule has 8 nitrogen and oxygen atoms in total. The van der Waals surface area contributed by atoms with Crippen molar-refractivity contribution in [3.8, 4) is 0 Å². The van der Waals surface area contributed by atoms with E-state index in [4.69, 9.17) is 0 Å². The van der Waals surface area contributed by atoms with Crippen molar-refractivity contribution in [2.75, 3.05) is 32.5 Å². The first-order valence-corrected chi connectivity index (χ1v) is 12.0. The Balaban J connectivity index is 1.55. The van der Waals surface area contributed by atoms with Gasteiger partial charge in [0.05, 0.1) is 5.92 Å². The second-order valence-electron chi connectivity index (χ2n) is 6.62. The number of hydrogen-bond donors (Lipinski definition) is 1. The zero-order valence-corrected chi connectivity index (χ0v) is 18.2. The van der Waals surface area contributed by atoms with Gasteiger partial charge in [0.2, 0.25) is 11.0 Å². The summed E-state index contributed by atoms with van der Waals surface area (Å²) in [5, 5.41) is 11.4. The lowest BCUT2D eigenvalue weighted by Crippen LogP contribution is -2.47. The molecule has 0 spiro atoms. The molecule has 1 fully saturated rings. The van der Waals surface area contributed by atoms with E-state index in [-0.39, 0.29) is 12.5 Å². The third-order valence-electron chi connectivity index (χ3n) is 4.38. The number of nitrogens with zero attached hydrogens (tertiary/aromatic N) is 4. The molecule has 0 aliphatic carbocycles. The lowest BCUT2D eigenvalue weighted by Gasteiger charge is -2.32. The van der Waals surface area contributed by atoms with E-state index in [1.165, 1.54) is 39.6 Å². The molecular weight excluding hydrogens is 418 g/mol. The van der Waals surface area contributed by atoms with Gasteiger partial charge in [-0.15, -0.1) is 10.2 Å². The van der Waals surface area contributed by atoms with E-state index >= 15 is 0 Å². The second-order valence-corrected chi connectivity index (χ2v) is 11.0. The summed E-state index contributed by atoms with van der Waals surface area (Å²) in [7, 11) is -0.521. The van der Waals surface area contributed by atoms with Gasteiger partial charge < -0.3 is 5.32 Å². The molecule has 2 heterocycles. The Hall–Kier alpha value is -1.53. The van der Waals surface area contributed by atoms with Crippen LogP contribution in [0, 0.1) is 5.92 Å². The predicted octanol–water partition coefficient (Wildman–Crippen LogP) is 2.29. The molecule has 1 aromatic carbocycles. The number of carbonyl (C=O) groups is 1. The van der Waals surface area contributed by atoms with Gasteiger partial charge in [-0.2, -0.15) is 17.0 Å². The number of hydrogen-bond acceptors (Lipinski definition) is 7. The smallest absolute Gasteiger partial charge is 0.281 e. The Bertz CT molecular complexity index is 902. The summed E-state index contributed by atoms with van der Waals surface area (Å²) in [6.45, 7) is 0.615. The zero-order chi connectivity index (χ0) is 20.1. The first kappa shape index (κ1) is 21.2. The maximum atomic E-state index is 12.6. The SMILES string of the molecule is CN(C)S(=O)(=O)N1CCCC(C(=O)Nc2nnc(SCc3ccccc3)s2)C1. The minimum Gasteiger partial charge on any atom is -0.300 e. The molecule has 2 aromatic rings. The quantitative estimate of drug-likeness (QED) is 0.523. The van der Waals surface area contributed by atoms with Crippen molar-refractivity contribution < 1.29 is 13.2 Å². The molecule has 1 aliphatic rings. The molecule has 152 valence electrons. The molecule has 1 N–H and O–H groups in total. The van der Waals surface area contributed by atoms with Gasteiger partial charge in [0.25, 0.3) is 10.2 Å². The van der Waals surface area contributed by atoms with Gasteiger partial charge in [0, 0.05) is 32.9 Å². The number of amides is 1. The molecule has 1 aromatic heterocycles. The van der Waals surface area contributed by atoms with Crippen LogP contribution in [-0.2, 0) is 20.8 Å². The highest BCUT2D eigenvalue weighted by Crippen LogP contribution is 2.29. The third-order valence-corrected chi connectivity index (χ3v) is 8.33. The summed E-state index contributed by atoms with van der Waals surface area (Å²) in [4.78, 5) is 12.6. The number of carbonyl (C=O) groups excluding carboxylic acids is 1. The van der Waals surface area contributed by atoms with Gasteiger partial charge in [0.1, 0.15) is 0 Å². The molecule has 1 aliphatic heterocycles. The van der Waals surface area contributed by atoms with Gasteiger partial charge in [-0.3, -0.25) is 4.79 Å².